The van der Waals surface area contributed by atoms with Gasteiger partial charge in [-0.1, -0.05) is 42.5 Å². The molecule has 1 atom stereocenters. The lowest BCUT2D eigenvalue weighted by atomic mass is 10.0. The summed E-state index contributed by atoms with van der Waals surface area (Å²) in [6.07, 6.45) is 0.222. The summed E-state index contributed by atoms with van der Waals surface area (Å²) < 4.78 is 28.9. The van der Waals surface area contributed by atoms with E-state index in [9.17, 15) is 18.0 Å². The van der Waals surface area contributed by atoms with Gasteiger partial charge in [-0.3, -0.25) is 9.59 Å². The Morgan fingerprint density at radius 3 is 2.38 bits per heavy atom. The molecule has 8 nitrogen and oxygen atoms in total. The Labute approximate surface area is 198 Å². The number of nitrogens with zero attached hydrogens (tertiary/aromatic N) is 2. The van der Waals surface area contributed by atoms with Gasteiger partial charge in [-0.05, 0) is 53.4 Å². The third kappa shape index (κ3) is 6.41. The molecule has 9 heteroatoms. The van der Waals surface area contributed by atoms with Gasteiger partial charge in [0, 0.05) is 20.0 Å². The van der Waals surface area contributed by atoms with E-state index in [1.165, 1.54) is 18.0 Å². The molecule has 0 fully saturated rings. The zero-order valence-corrected chi connectivity index (χ0v) is 19.5. The fourth-order valence-electron chi connectivity index (χ4n) is 3.56. The van der Waals surface area contributed by atoms with Gasteiger partial charge in [0.1, 0.15) is 6.04 Å². The minimum atomic E-state index is -4.04. The van der Waals surface area contributed by atoms with Gasteiger partial charge in [-0.25, -0.2) is 8.42 Å². The number of nitriles is 1. The largest absolute Gasteiger partial charge is 0.481 e. The summed E-state index contributed by atoms with van der Waals surface area (Å²) in [5.74, 6) is -1.44. The van der Waals surface area contributed by atoms with Crippen molar-refractivity contribution in [1.29, 1.82) is 5.26 Å². The average Bonchev–Trinajstić information content (AvgIpc) is 2.82. The Balaban J connectivity index is 1.86. The van der Waals surface area contributed by atoms with E-state index in [0.29, 0.717) is 11.1 Å². The van der Waals surface area contributed by atoms with E-state index >= 15 is 0 Å². The molecule has 1 unspecified atom stereocenters. The number of carboxylic acids is 1. The molecule has 0 aliphatic carbocycles. The predicted octanol–water partition coefficient (Wildman–Crippen LogP) is 2.92. The molecule has 176 valence electrons. The highest BCUT2D eigenvalue weighted by molar-refractivity contribution is 7.89. The summed E-state index contributed by atoms with van der Waals surface area (Å²) in [5, 5.41) is 19.5. The summed E-state index contributed by atoms with van der Waals surface area (Å²) in [7, 11) is -2.53. The minimum Gasteiger partial charge on any atom is -0.481 e. The highest BCUT2D eigenvalue weighted by Crippen LogP contribution is 2.20. The lowest BCUT2D eigenvalue weighted by Crippen LogP contribution is -2.48. The topological polar surface area (TPSA) is 128 Å². The molecule has 0 saturated carbocycles. The highest BCUT2D eigenvalue weighted by atomic mass is 32.2. The van der Waals surface area contributed by atoms with Gasteiger partial charge in [0.25, 0.3) is 0 Å². The zero-order valence-electron chi connectivity index (χ0n) is 18.6. The highest BCUT2D eigenvalue weighted by Gasteiger charge is 2.28. The summed E-state index contributed by atoms with van der Waals surface area (Å²) in [5.41, 5.74) is 1.13. The van der Waals surface area contributed by atoms with Crippen LogP contribution in [-0.4, -0.2) is 49.9 Å². The van der Waals surface area contributed by atoms with Crippen molar-refractivity contribution in [2.24, 2.45) is 0 Å². The fourth-order valence-corrected chi connectivity index (χ4v) is 4.79. The third-order valence-corrected chi connectivity index (χ3v) is 6.88. The number of carbonyl (C=O) groups is 2. The molecule has 0 aromatic heterocycles. The number of likely N-dealkylation sites (N-methyl/N-ethyl adjacent to an activating group) is 1. The van der Waals surface area contributed by atoms with E-state index in [1.54, 1.807) is 36.4 Å². The second-order valence-corrected chi connectivity index (χ2v) is 9.67. The lowest BCUT2D eigenvalue weighted by molar-refractivity contribution is -0.138. The first kappa shape index (κ1) is 24.9. The maximum absolute atomic E-state index is 13.2. The van der Waals surface area contributed by atoms with Crippen LogP contribution in [0.2, 0.25) is 0 Å². The van der Waals surface area contributed by atoms with Gasteiger partial charge in [0.2, 0.25) is 15.9 Å². The molecule has 0 heterocycles. The van der Waals surface area contributed by atoms with Gasteiger partial charge in [0.05, 0.1) is 16.5 Å². The Bertz CT molecular complexity index is 1330. The number of amides is 1. The Kier molecular flexibility index (Phi) is 7.99. The number of nitrogens with one attached hydrogen (secondary N) is 1. The van der Waals surface area contributed by atoms with Crippen LogP contribution < -0.4 is 4.72 Å². The molecular weight excluding hydrogens is 454 g/mol. The predicted molar refractivity (Wildman–Crippen MR) is 127 cm³/mol. The van der Waals surface area contributed by atoms with Crippen LogP contribution in [0.3, 0.4) is 0 Å². The summed E-state index contributed by atoms with van der Waals surface area (Å²) >= 11 is 0. The number of hydrogen-bond acceptors (Lipinski definition) is 5. The molecule has 0 saturated heterocycles. The Hall–Kier alpha value is -3.74. The molecule has 0 aliphatic heterocycles. The lowest BCUT2D eigenvalue weighted by Gasteiger charge is -2.25. The smallest absolute Gasteiger partial charge is 0.303 e. The fraction of sp³-hybridized carbons (Fsp3) is 0.240. The summed E-state index contributed by atoms with van der Waals surface area (Å²) in [6, 6.07) is 19.6. The first-order valence-corrected chi connectivity index (χ1v) is 12.1. The van der Waals surface area contributed by atoms with Crippen LogP contribution in [0.4, 0.5) is 0 Å². The van der Waals surface area contributed by atoms with Crippen molar-refractivity contribution in [3.05, 3.63) is 77.9 Å². The maximum atomic E-state index is 13.2. The zero-order chi connectivity index (χ0) is 24.7. The number of aliphatic carboxylic acids is 1. The molecule has 0 bridgehead atoms. The molecule has 0 radical (unpaired) electrons. The van der Waals surface area contributed by atoms with Crippen LogP contribution in [0.25, 0.3) is 10.8 Å². The Morgan fingerprint density at radius 2 is 1.74 bits per heavy atom. The first-order valence-electron chi connectivity index (χ1n) is 10.7. The van der Waals surface area contributed by atoms with Gasteiger partial charge in [-0.2, -0.15) is 9.98 Å². The molecule has 3 aromatic rings. The standard InChI is InChI=1S/C25H25N3O5S/c1-28(14-4-7-24(29)30)25(31)23(15-18-8-10-19(17-26)11-9-18)27-34(32,33)22-13-12-20-5-2-3-6-21(20)16-22/h2-3,5-6,8-13,16,23,27H,4,7,14-15H2,1H3,(H,29,30). The molecule has 3 aromatic carbocycles. The number of hydrogen-bond donors (Lipinski definition) is 2. The molecular formula is C25H25N3O5S. The van der Waals surface area contributed by atoms with Crippen LogP contribution in [0.1, 0.15) is 24.0 Å². The number of carbonyl (C=O) groups excluding carboxylic acids is 1. The monoisotopic (exact) mass is 479 g/mol. The van der Waals surface area contributed by atoms with Crippen LogP contribution >= 0.6 is 0 Å². The normalized spacial score (nSPS) is 12.1. The van der Waals surface area contributed by atoms with Gasteiger partial charge in [0.15, 0.2) is 0 Å². The van der Waals surface area contributed by atoms with E-state index in [0.717, 1.165) is 10.8 Å². The first-order chi connectivity index (χ1) is 16.2. The minimum absolute atomic E-state index is 0.0392. The quantitative estimate of drug-likeness (QED) is 0.460. The van der Waals surface area contributed by atoms with Gasteiger partial charge < -0.3 is 10.0 Å². The van der Waals surface area contributed by atoms with Crippen LogP contribution in [0.5, 0.6) is 0 Å². The third-order valence-electron chi connectivity index (χ3n) is 5.41. The van der Waals surface area contributed by atoms with E-state index in [-0.39, 0.29) is 30.7 Å². The number of carboxylic acid groups (broad SMARTS) is 1. The van der Waals surface area contributed by atoms with Crippen molar-refractivity contribution in [2.75, 3.05) is 13.6 Å². The molecule has 1 amide bonds. The summed E-state index contributed by atoms with van der Waals surface area (Å²) in [4.78, 5) is 25.3. The van der Waals surface area contributed by atoms with Crippen molar-refractivity contribution >= 4 is 32.7 Å². The molecule has 2 N–H and O–H groups in total. The van der Waals surface area contributed by atoms with E-state index in [1.807, 2.05) is 30.3 Å². The number of benzene rings is 3. The number of sulfonamides is 1. The second kappa shape index (κ2) is 10.9. The Morgan fingerprint density at radius 1 is 1.06 bits per heavy atom. The summed E-state index contributed by atoms with van der Waals surface area (Å²) in [6.45, 7) is 0.173. The SMILES string of the molecule is CN(CCCC(=O)O)C(=O)C(Cc1ccc(C#N)cc1)NS(=O)(=O)c1ccc2ccccc2c1. The molecule has 34 heavy (non-hydrogen) atoms. The molecule has 0 aliphatic rings. The molecule has 3 rings (SSSR count). The molecule has 0 spiro atoms. The van der Waals surface area contributed by atoms with Crippen LogP contribution in [0, 0.1) is 11.3 Å². The number of fused-ring (bicyclic) bond motifs is 1. The van der Waals surface area contributed by atoms with Crippen molar-refractivity contribution in [1.82, 2.24) is 9.62 Å². The van der Waals surface area contributed by atoms with E-state index in [2.05, 4.69) is 4.72 Å². The second-order valence-electron chi connectivity index (χ2n) is 7.95. The van der Waals surface area contributed by atoms with Crippen molar-refractivity contribution < 1.29 is 23.1 Å². The average molecular weight is 480 g/mol. The van der Waals surface area contributed by atoms with E-state index < -0.39 is 27.9 Å². The van der Waals surface area contributed by atoms with E-state index in [4.69, 9.17) is 10.4 Å². The van der Waals surface area contributed by atoms with Crippen LogP contribution in [0.15, 0.2) is 71.6 Å². The van der Waals surface area contributed by atoms with Gasteiger partial charge >= 0.3 is 5.97 Å². The van der Waals surface area contributed by atoms with Gasteiger partial charge in [-0.15, -0.1) is 0 Å². The van der Waals surface area contributed by atoms with Crippen molar-refractivity contribution in [2.45, 2.75) is 30.2 Å². The van der Waals surface area contributed by atoms with Crippen molar-refractivity contribution in [3.63, 3.8) is 0 Å². The van der Waals surface area contributed by atoms with Crippen molar-refractivity contribution in [3.8, 4) is 6.07 Å². The maximum Gasteiger partial charge on any atom is 0.303 e. The van der Waals surface area contributed by atoms with Crippen LogP contribution in [-0.2, 0) is 26.0 Å². The number of rotatable bonds is 10.